The molecule has 0 aliphatic rings. The Kier molecular flexibility index (Phi) is 6.20. The normalized spacial score (nSPS) is 10.8. The number of nitrogens with zero attached hydrogens (tertiary/aromatic N) is 2. The lowest BCUT2D eigenvalue weighted by Crippen LogP contribution is -2.30. The molecule has 6 nitrogen and oxygen atoms in total. The quantitative estimate of drug-likeness (QED) is 0.835. The molecule has 0 atom stereocenters. The van der Waals surface area contributed by atoms with Gasteiger partial charge in [-0.2, -0.15) is 0 Å². The van der Waals surface area contributed by atoms with Gasteiger partial charge in [-0.05, 0) is 32.0 Å². The number of benzene rings is 1. The van der Waals surface area contributed by atoms with Gasteiger partial charge in [0.2, 0.25) is 0 Å². The van der Waals surface area contributed by atoms with Crippen LogP contribution >= 0.6 is 11.6 Å². The smallest absolute Gasteiger partial charge is 0.277 e. The maximum Gasteiger partial charge on any atom is 0.277 e. The molecule has 2 aromatic rings. The van der Waals surface area contributed by atoms with Gasteiger partial charge in [0.15, 0.2) is 5.69 Å². The van der Waals surface area contributed by atoms with Crippen LogP contribution in [-0.4, -0.2) is 35.0 Å². The summed E-state index contributed by atoms with van der Waals surface area (Å²) in [6.07, 6.45) is 0. The van der Waals surface area contributed by atoms with Gasteiger partial charge < -0.3 is 14.7 Å². The summed E-state index contributed by atoms with van der Waals surface area (Å²) >= 11 is 6.15. The maximum absolute atomic E-state index is 12.4. The van der Waals surface area contributed by atoms with E-state index in [0.29, 0.717) is 35.1 Å². The number of carbonyl (C=O) groups excluding carboxylic acids is 2. The Hall–Kier alpha value is -2.34. The van der Waals surface area contributed by atoms with E-state index in [0.717, 1.165) is 0 Å². The molecule has 0 aliphatic carbocycles. The molecule has 7 heteroatoms. The van der Waals surface area contributed by atoms with Crippen molar-refractivity contribution in [3.05, 3.63) is 46.3 Å². The van der Waals surface area contributed by atoms with E-state index in [-0.39, 0.29) is 17.5 Å². The Morgan fingerprint density at radius 1 is 1.24 bits per heavy atom. The zero-order chi connectivity index (χ0) is 18.6. The molecule has 0 radical (unpaired) electrons. The first-order chi connectivity index (χ1) is 11.9. The fourth-order valence-electron chi connectivity index (χ4n) is 2.30. The zero-order valence-corrected chi connectivity index (χ0v) is 15.6. The van der Waals surface area contributed by atoms with Gasteiger partial charge in [-0.25, -0.2) is 0 Å². The van der Waals surface area contributed by atoms with Crippen LogP contribution in [0.2, 0.25) is 5.02 Å². The van der Waals surface area contributed by atoms with Gasteiger partial charge in [0.25, 0.3) is 11.8 Å². The van der Waals surface area contributed by atoms with E-state index >= 15 is 0 Å². The SMILES string of the molecule is CCN(CC)C(=O)c1ccc(Cl)c(NC(=O)c2cc(C(C)C)on2)c1. The van der Waals surface area contributed by atoms with Crippen LogP contribution in [-0.2, 0) is 0 Å². The molecule has 1 aromatic carbocycles. The molecule has 0 bridgehead atoms. The summed E-state index contributed by atoms with van der Waals surface area (Å²) in [6, 6.07) is 6.41. The predicted octanol–water partition coefficient (Wildman–Crippen LogP) is 4.19. The summed E-state index contributed by atoms with van der Waals surface area (Å²) < 4.78 is 5.13. The van der Waals surface area contributed by atoms with Crippen LogP contribution in [0.5, 0.6) is 0 Å². The number of hydrogen-bond acceptors (Lipinski definition) is 4. The summed E-state index contributed by atoms with van der Waals surface area (Å²) in [5, 5.41) is 6.80. The largest absolute Gasteiger partial charge is 0.360 e. The molecule has 2 rings (SSSR count). The Morgan fingerprint density at radius 2 is 1.92 bits per heavy atom. The lowest BCUT2D eigenvalue weighted by Gasteiger charge is -2.19. The molecule has 0 spiro atoms. The molecule has 25 heavy (non-hydrogen) atoms. The third kappa shape index (κ3) is 4.39. The standard InChI is InChI=1S/C18H22ClN3O3/c1-5-22(6-2)18(24)12-7-8-13(19)14(9-12)20-17(23)15-10-16(11(3)4)25-21-15/h7-11H,5-6H2,1-4H3,(H,20,23). The first kappa shape index (κ1) is 19.0. The van der Waals surface area contributed by atoms with Gasteiger partial charge in [-0.15, -0.1) is 0 Å². The van der Waals surface area contributed by atoms with E-state index in [1.54, 1.807) is 29.2 Å². The minimum absolute atomic E-state index is 0.110. The summed E-state index contributed by atoms with van der Waals surface area (Å²) in [5.74, 6) is 0.208. The van der Waals surface area contributed by atoms with Crippen LogP contribution in [0.1, 0.15) is 60.2 Å². The first-order valence-electron chi connectivity index (χ1n) is 8.24. The molecule has 1 heterocycles. The molecule has 0 aliphatic heterocycles. The molecular formula is C18H22ClN3O3. The Bertz CT molecular complexity index is 767. The number of carbonyl (C=O) groups is 2. The minimum Gasteiger partial charge on any atom is -0.360 e. The molecule has 1 aromatic heterocycles. The second-order valence-electron chi connectivity index (χ2n) is 5.90. The highest BCUT2D eigenvalue weighted by atomic mass is 35.5. The first-order valence-corrected chi connectivity index (χ1v) is 8.61. The number of amides is 2. The third-order valence-electron chi connectivity index (χ3n) is 3.84. The topological polar surface area (TPSA) is 75.4 Å². The van der Waals surface area contributed by atoms with Crippen molar-refractivity contribution in [3.8, 4) is 0 Å². The predicted molar refractivity (Wildman–Crippen MR) is 97.2 cm³/mol. The average molecular weight is 364 g/mol. The van der Waals surface area contributed by atoms with Crippen molar-refractivity contribution in [1.29, 1.82) is 0 Å². The van der Waals surface area contributed by atoms with Crippen molar-refractivity contribution >= 4 is 29.1 Å². The van der Waals surface area contributed by atoms with E-state index in [1.165, 1.54) is 0 Å². The fraction of sp³-hybridized carbons (Fsp3) is 0.389. The number of halogens is 1. The molecule has 0 fully saturated rings. The van der Waals surface area contributed by atoms with Gasteiger partial charge >= 0.3 is 0 Å². The Morgan fingerprint density at radius 3 is 2.48 bits per heavy atom. The average Bonchev–Trinajstić information content (AvgIpc) is 3.08. The van der Waals surface area contributed by atoms with Crippen LogP contribution in [0.15, 0.2) is 28.8 Å². The van der Waals surface area contributed by atoms with Gasteiger partial charge in [0, 0.05) is 30.6 Å². The second kappa shape index (κ2) is 8.16. The van der Waals surface area contributed by atoms with Crippen molar-refractivity contribution in [2.75, 3.05) is 18.4 Å². The number of anilines is 1. The van der Waals surface area contributed by atoms with Crippen molar-refractivity contribution < 1.29 is 14.1 Å². The number of nitrogens with one attached hydrogen (secondary N) is 1. The summed E-state index contributed by atoms with van der Waals surface area (Å²) in [7, 11) is 0. The van der Waals surface area contributed by atoms with Gasteiger partial charge in [0.05, 0.1) is 10.7 Å². The van der Waals surface area contributed by atoms with Gasteiger partial charge in [-0.1, -0.05) is 30.6 Å². The van der Waals surface area contributed by atoms with E-state index < -0.39 is 5.91 Å². The molecule has 0 saturated heterocycles. The Balaban J connectivity index is 2.22. The lowest BCUT2D eigenvalue weighted by atomic mass is 10.1. The zero-order valence-electron chi connectivity index (χ0n) is 14.8. The van der Waals surface area contributed by atoms with Gasteiger partial charge in [0.1, 0.15) is 5.76 Å². The number of aromatic nitrogens is 1. The minimum atomic E-state index is -0.440. The monoisotopic (exact) mass is 363 g/mol. The molecule has 1 N–H and O–H groups in total. The second-order valence-corrected chi connectivity index (χ2v) is 6.30. The number of rotatable bonds is 6. The Labute approximate surface area is 152 Å². The van der Waals surface area contributed by atoms with Gasteiger partial charge in [-0.3, -0.25) is 9.59 Å². The molecule has 2 amide bonds. The highest BCUT2D eigenvalue weighted by Crippen LogP contribution is 2.25. The van der Waals surface area contributed by atoms with E-state index in [1.807, 2.05) is 27.7 Å². The van der Waals surface area contributed by atoms with Crippen LogP contribution in [0.4, 0.5) is 5.69 Å². The highest BCUT2D eigenvalue weighted by Gasteiger charge is 2.18. The van der Waals surface area contributed by atoms with E-state index in [9.17, 15) is 9.59 Å². The molecule has 134 valence electrons. The van der Waals surface area contributed by atoms with Crippen molar-refractivity contribution in [3.63, 3.8) is 0 Å². The van der Waals surface area contributed by atoms with Crippen molar-refractivity contribution in [1.82, 2.24) is 10.1 Å². The summed E-state index contributed by atoms with van der Waals surface area (Å²) in [6.45, 7) is 8.93. The molecule has 0 unspecified atom stereocenters. The highest BCUT2D eigenvalue weighted by molar-refractivity contribution is 6.34. The fourth-order valence-corrected chi connectivity index (χ4v) is 2.47. The van der Waals surface area contributed by atoms with E-state index in [2.05, 4.69) is 10.5 Å². The third-order valence-corrected chi connectivity index (χ3v) is 4.17. The number of hydrogen-bond donors (Lipinski definition) is 1. The lowest BCUT2D eigenvalue weighted by molar-refractivity contribution is 0.0772. The van der Waals surface area contributed by atoms with Crippen molar-refractivity contribution in [2.45, 2.75) is 33.6 Å². The van der Waals surface area contributed by atoms with Crippen LogP contribution in [0, 0.1) is 0 Å². The molecular weight excluding hydrogens is 342 g/mol. The van der Waals surface area contributed by atoms with Crippen LogP contribution in [0.3, 0.4) is 0 Å². The van der Waals surface area contributed by atoms with Crippen LogP contribution < -0.4 is 5.32 Å². The maximum atomic E-state index is 12.4. The molecule has 0 saturated carbocycles. The summed E-state index contributed by atoms with van der Waals surface area (Å²) in [5.41, 5.74) is 0.991. The van der Waals surface area contributed by atoms with E-state index in [4.69, 9.17) is 16.1 Å². The van der Waals surface area contributed by atoms with Crippen molar-refractivity contribution in [2.24, 2.45) is 0 Å². The van der Waals surface area contributed by atoms with Crippen LogP contribution in [0.25, 0.3) is 0 Å². The summed E-state index contributed by atoms with van der Waals surface area (Å²) in [4.78, 5) is 26.5.